The molecule has 20 heavy (non-hydrogen) atoms. The fraction of sp³-hybridized carbons (Fsp3) is 0.571. The molecule has 1 amide bonds. The average molecular weight is 298 g/mol. The van der Waals surface area contributed by atoms with Crippen molar-refractivity contribution in [1.82, 2.24) is 10.2 Å². The monoisotopic (exact) mass is 298 g/mol. The molecule has 2 atom stereocenters. The van der Waals surface area contributed by atoms with Gasteiger partial charge in [-0.25, -0.2) is 0 Å². The lowest BCUT2D eigenvalue weighted by Gasteiger charge is -2.26. The summed E-state index contributed by atoms with van der Waals surface area (Å²) < 4.78 is 0. The molecule has 0 aliphatic rings. The summed E-state index contributed by atoms with van der Waals surface area (Å²) in [5, 5.41) is 13.8. The van der Waals surface area contributed by atoms with Crippen LogP contribution in [-0.2, 0) is 9.59 Å². The predicted octanol–water partition coefficient (Wildman–Crippen LogP) is 2.11. The summed E-state index contributed by atoms with van der Waals surface area (Å²) in [4.78, 5) is 25.6. The van der Waals surface area contributed by atoms with Gasteiger partial charge in [0.25, 0.3) is 0 Å². The fourth-order valence-corrected chi connectivity index (χ4v) is 2.61. The van der Waals surface area contributed by atoms with Crippen molar-refractivity contribution in [1.29, 1.82) is 0 Å². The number of carbonyl (C=O) groups is 2. The lowest BCUT2D eigenvalue weighted by atomic mass is 10.2. The Bertz CT molecular complexity index is 434. The first-order valence-corrected chi connectivity index (χ1v) is 7.60. The van der Waals surface area contributed by atoms with Gasteiger partial charge in [0.1, 0.15) is 0 Å². The van der Waals surface area contributed by atoms with Gasteiger partial charge in [0.05, 0.1) is 19.1 Å². The largest absolute Gasteiger partial charge is 0.480 e. The molecule has 112 valence electrons. The number of nitrogens with zero attached hydrogens (tertiary/aromatic N) is 1. The Morgan fingerprint density at radius 2 is 2.10 bits per heavy atom. The number of carboxylic acid groups (broad SMARTS) is 1. The molecule has 1 heterocycles. The standard InChI is InChI=1S/C14H22N2O3S/c1-4-10(2)16(9-14(18)19)8-13(17)15-11(3)12-6-5-7-20-12/h5-7,10-11H,4,8-9H2,1-3H3,(H,15,17)(H,18,19). The van der Waals surface area contributed by atoms with Gasteiger partial charge in [-0.3, -0.25) is 14.5 Å². The highest BCUT2D eigenvalue weighted by Crippen LogP contribution is 2.17. The van der Waals surface area contributed by atoms with Gasteiger partial charge in [-0.1, -0.05) is 13.0 Å². The molecule has 1 aromatic rings. The van der Waals surface area contributed by atoms with Crippen LogP contribution in [0.3, 0.4) is 0 Å². The molecule has 0 fully saturated rings. The third-order valence-corrected chi connectivity index (χ3v) is 4.30. The van der Waals surface area contributed by atoms with Crippen LogP contribution < -0.4 is 5.32 Å². The summed E-state index contributed by atoms with van der Waals surface area (Å²) >= 11 is 1.59. The minimum absolute atomic E-state index is 0.0499. The van der Waals surface area contributed by atoms with Crippen LogP contribution in [0.4, 0.5) is 0 Å². The van der Waals surface area contributed by atoms with Gasteiger partial charge in [0.2, 0.25) is 5.91 Å². The van der Waals surface area contributed by atoms with Crippen molar-refractivity contribution in [2.24, 2.45) is 0 Å². The van der Waals surface area contributed by atoms with E-state index in [4.69, 9.17) is 5.11 Å². The second-order valence-electron chi connectivity index (χ2n) is 4.86. The zero-order chi connectivity index (χ0) is 15.1. The maximum absolute atomic E-state index is 12.0. The second-order valence-corrected chi connectivity index (χ2v) is 5.84. The molecule has 0 bridgehead atoms. The van der Waals surface area contributed by atoms with E-state index in [1.807, 2.05) is 38.3 Å². The predicted molar refractivity (Wildman–Crippen MR) is 79.8 cm³/mol. The highest BCUT2D eigenvalue weighted by Gasteiger charge is 2.20. The highest BCUT2D eigenvalue weighted by atomic mass is 32.1. The number of hydrogen-bond acceptors (Lipinski definition) is 4. The first kappa shape index (κ1) is 16.7. The van der Waals surface area contributed by atoms with Crippen LogP contribution in [0.1, 0.15) is 38.1 Å². The van der Waals surface area contributed by atoms with Gasteiger partial charge in [-0.2, -0.15) is 0 Å². The number of carbonyl (C=O) groups excluding carboxylic acids is 1. The maximum atomic E-state index is 12.0. The lowest BCUT2D eigenvalue weighted by Crippen LogP contribution is -2.44. The quantitative estimate of drug-likeness (QED) is 0.771. The summed E-state index contributed by atoms with van der Waals surface area (Å²) in [5.41, 5.74) is 0. The van der Waals surface area contributed by atoms with Crippen molar-refractivity contribution in [3.63, 3.8) is 0 Å². The minimum Gasteiger partial charge on any atom is -0.480 e. The third kappa shape index (κ3) is 5.30. The molecule has 0 spiro atoms. The van der Waals surface area contributed by atoms with Crippen LogP contribution in [0.5, 0.6) is 0 Å². The normalized spacial score (nSPS) is 14.0. The Morgan fingerprint density at radius 3 is 2.60 bits per heavy atom. The molecule has 2 unspecified atom stereocenters. The molecule has 2 N–H and O–H groups in total. The van der Waals surface area contributed by atoms with Gasteiger partial charge in [0.15, 0.2) is 0 Å². The fourth-order valence-electron chi connectivity index (χ4n) is 1.88. The Hall–Kier alpha value is -1.40. The maximum Gasteiger partial charge on any atom is 0.317 e. The number of amides is 1. The van der Waals surface area contributed by atoms with Crippen molar-refractivity contribution in [3.05, 3.63) is 22.4 Å². The molecule has 0 radical (unpaired) electrons. The molecule has 0 saturated heterocycles. The summed E-state index contributed by atoms with van der Waals surface area (Å²) in [7, 11) is 0. The molecule has 0 aliphatic heterocycles. The van der Waals surface area contributed by atoms with Gasteiger partial charge in [0, 0.05) is 10.9 Å². The first-order valence-electron chi connectivity index (χ1n) is 6.72. The summed E-state index contributed by atoms with van der Waals surface area (Å²) in [5.74, 6) is -1.06. The van der Waals surface area contributed by atoms with Gasteiger partial charge in [-0.15, -0.1) is 11.3 Å². The van der Waals surface area contributed by atoms with Crippen molar-refractivity contribution in [2.75, 3.05) is 13.1 Å². The lowest BCUT2D eigenvalue weighted by molar-refractivity contribution is -0.139. The van der Waals surface area contributed by atoms with Crippen LogP contribution in [0, 0.1) is 0 Å². The second kappa shape index (κ2) is 8.01. The smallest absolute Gasteiger partial charge is 0.317 e. The third-order valence-electron chi connectivity index (χ3n) is 3.25. The van der Waals surface area contributed by atoms with E-state index >= 15 is 0 Å². The summed E-state index contributed by atoms with van der Waals surface area (Å²) in [6.45, 7) is 5.83. The van der Waals surface area contributed by atoms with E-state index in [0.717, 1.165) is 11.3 Å². The topological polar surface area (TPSA) is 69.6 Å². The van der Waals surface area contributed by atoms with E-state index in [0.29, 0.717) is 0 Å². The van der Waals surface area contributed by atoms with Crippen molar-refractivity contribution >= 4 is 23.2 Å². The number of nitrogens with one attached hydrogen (secondary N) is 1. The molecule has 6 heteroatoms. The Balaban J connectivity index is 2.55. The number of hydrogen-bond donors (Lipinski definition) is 2. The van der Waals surface area contributed by atoms with E-state index in [-0.39, 0.29) is 31.1 Å². The molecule has 5 nitrogen and oxygen atoms in total. The van der Waals surface area contributed by atoms with Crippen LogP contribution >= 0.6 is 11.3 Å². The van der Waals surface area contributed by atoms with E-state index < -0.39 is 5.97 Å². The minimum atomic E-state index is -0.913. The SMILES string of the molecule is CCC(C)N(CC(=O)O)CC(=O)NC(C)c1cccs1. The Labute approximate surface area is 123 Å². The first-order chi connectivity index (χ1) is 9.43. The summed E-state index contributed by atoms with van der Waals surface area (Å²) in [6, 6.07) is 3.93. The van der Waals surface area contributed by atoms with Crippen molar-refractivity contribution in [2.45, 2.75) is 39.3 Å². The Morgan fingerprint density at radius 1 is 1.40 bits per heavy atom. The van der Waals surface area contributed by atoms with Crippen LogP contribution in [0.15, 0.2) is 17.5 Å². The van der Waals surface area contributed by atoms with Crippen molar-refractivity contribution < 1.29 is 14.7 Å². The summed E-state index contributed by atoms with van der Waals surface area (Å²) in [6.07, 6.45) is 0.807. The molecule has 1 aromatic heterocycles. The highest BCUT2D eigenvalue weighted by molar-refractivity contribution is 7.10. The van der Waals surface area contributed by atoms with Gasteiger partial charge >= 0.3 is 5.97 Å². The molecule has 0 aromatic carbocycles. The Kier molecular flexibility index (Phi) is 6.67. The molecule has 0 aliphatic carbocycles. The zero-order valence-electron chi connectivity index (χ0n) is 12.1. The van der Waals surface area contributed by atoms with E-state index in [1.165, 1.54) is 0 Å². The number of rotatable bonds is 8. The molecule has 1 rings (SSSR count). The molecular weight excluding hydrogens is 276 g/mol. The molecule has 0 saturated carbocycles. The van der Waals surface area contributed by atoms with Crippen molar-refractivity contribution in [3.8, 4) is 0 Å². The van der Waals surface area contributed by atoms with Gasteiger partial charge < -0.3 is 10.4 Å². The number of carboxylic acids is 1. The number of aliphatic carboxylic acids is 1. The van der Waals surface area contributed by atoms with E-state index in [9.17, 15) is 9.59 Å². The van der Waals surface area contributed by atoms with Crippen LogP contribution in [0.2, 0.25) is 0 Å². The molecular formula is C14H22N2O3S. The van der Waals surface area contributed by atoms with E-state index in [1.54, 1.807) is 16.2 Å². The van der Waals surface area contributed by atoms with Crippen LogP contribution in [0.25, 0.3) is 0 Å². The zero-order valence-corrected chi connectivity index (χ0v) is 12.9. The van der Waals surface area contributed by atoms with Crippen LogP contribution in [-0.4, -0.2) is 41.0 Å². The number of thiophene rings is 1. The van der Waals surface area contributed by atoms with Gasteiger partial charge in [-0.05, 0) is 31.7 Å². The average Bonchev–Trinajstić information content (AvgIpc) is 2.90. The van der Waals surface area contributed by atoms with E-state index in [2.05, 4.69) is 5.32 Å².